The summed E-state index contributed by atoms with van der Waals surface area (Å²) in [5.74, 6) is -0.0466. The van der Waals surface area contributed by atoms with Gasteiger partial charge in [-0.1, -0.05) is 12.1 Å². The van der Waals surface area contributed by atoms with Gasteiger partial charge in [0.05, 0.1) is 11.2 Å². The summed E-state index contributed by atoms with van der Waals surface area (Å²) in [5.41, 5.74) is -1.34. The normalized spacial score (nSPS) is 28.1. The van der Waals surface area contributed by atoms with Crippen molar-refractivity contribution in [1.82, 2.24) is 0 Å². The molecule has 0 saturated heterocycles. The average molecular weight is 272 g/mol. The van der Waals surface area contributed by atoms with Crippen LogP contribution in [-0.2, 0) is 16.6 Å². The second-order valence-electron chi connectivity index (χ2n) is 5.08. The zero-order valence-corrected chi connectivity index (χ0v) is 10.3. The van der Waals surface area contributed by atoms with Crippen LogP contribution in [0.3, 0.4) is 0 Å². The van der Waals surface area contributed by atoms with E-state index in [4.69, 9.17) is 0 Å². The van der Waals surface area contributed by atoms with Gasteiger partial charge in [0.15, 0.2) is 0 Å². The Morgan fingerprint density at radius 3 is 2.11 bits per heavy atom. The van der Waals surface area contributed by atoms with Gasteiger partial charge in [-0.2, -0.15) is 13.2 Å². The summed E-state index contributed by atoms with van der Waals surface area (Å²) in [6.45, 7) is 0. The number of alkyl halides is 3. The Kier molecular flexibility index (Phi) is 3.67. The molecule has 2 nitrogen and oxygen atoms in total. The number of rotatable bonds is 2. The van der Waals surface area contributed by atoms with Gasteiger partial charge in [0.2, 0.25) is 0 Å². The Morgan fingerprint density at radius 2 is 1.68 bits per heavy atom. The lowest BCUT2D eigenvalue weighted by Crippen LogP contribution is -2.31. The first kappa shape index (κ1) is 14.1. The topological polar surface area (TPSA) is 37.3 Å². The molecule has 0 spiro atoms. The van der Waals surface area contributed by atoms with Crippen molar-refractivity contribution in [3.05, 3.63) is 35.4 Å². The summed E-state index contributed by atoms with van der Waals surface area (Å²) >= 11 is 0. The van der Waals surface area contributed by atoms with Crippen molar-refractivity contribution in [3.63, 3.8) is 0 Å². The van der Waals surface area contributed by atoms with Gasteiger partial charge in [-0.3, -0.25) is 0 Å². The van der Waals surface area contributed by atoms with Gasteiger partial charge in [0.1, 0.15) is 6.29 Å². The van der Waals surface area contributed by atoms with Crippen molar-refractivity contribution in [2.75, 3.05) is 0 Å². The minimum absolute atomic E-state index is 0.0466. The molecule has 0 radical (unpaired) electrons. The van der Waals surface area contributed by atoms with Crippen LogP contribution >= 0.6 is 0 Å². The maximum Gasteiger partial charge on any atom is 0.416 e. The van der Waals surface area contributed by atoms with E-state index in [0.717, 1.165) is 18.4 Å². The highest BCUT2D eigenvalue weighted by Gasteiger charge is 2.36. The predicted molar refractivity (Wildman–Crippen MR) is 63.4 cm³/mol. The predicted octanol–water partition coefficient (Wildman–Crippen LogP) is 3.28. The van der Waals surface area contributed by atoms with Crippen molar-refractivity contribution in [1.29, 1.82) is 0 Å². The highest BCUT2D eigenvalue weighted by molar-refractivity contribution is 5.53. The second kappa shape index (κ2) is 4.96. The summed E-state index contributed by atoms with van der Waals surface area (Å²) in [5, 5.41) is 10.5. The molecule has 1 aromatic carbocycles. The molecule has 1 aliphatic carbocycles. The van der Waals surface area contributed by atoms with E-state index in [0.29, 0.717) is 31.2 Å². The largest absolute Gasteiger partial charge is 0.416 e. The third-order valence-electron chi connectivity index (χ3n) is 3.80. The zero-order valence-electron chi connectivity index (χ0n) is 10.3. The van der Waals surface area contributed by atoms with Gasteiger partial charge in [-0.25, -0.2) is 0 Å². The first-order valence-electron chi connectivity index (χ1n) is 6.20. The van der Waals surface area contributed by atoms with Crippen LogP contribution in [0.2, 0.25) is 0 Å². The second-order valence-corrected chi connectivity index (χ2v) is 5.08. The fraction of sp³-hybridized carbons (Fsp3) is 0.500. The molecule has 0 amide bonds. The SMILES string of the molecule is O=CC1CCC(O)(c2ccc(C(F)(F)F)cc2)CC1. The number of carbonyl (C=O) groups is 1. The minimum Gasteiger partial charge on any atom is -0.385 e. The van der Waals surface area contributed by atoms with E-state index in [1.807, 2.05) is 0 Å². The Morgan fingerprint density at radius 1 is 1.16 bits per heavy atom. The number of aliphatic hydroxyl groups is 1. The summed E-state index contributed by atoms with van der Waals surface area (Å²) in [6.07, 6.45) is -1.53. The molecule has 0 bridgehead atoms. The van der Waals surface area contributed by atoms with Crippen LogP contribution in [0, 0.1) is 5.92 Å². The van der Waals surface area contributed by atoms with E-state index in [9.17, 15) is 23.1 Å². The van der Waals surface area contributed by atoms with Crippen LogP contribution in [0.5, 0.6) is 0 Å². The summed E-state index contributed by atoms with van der Waals surface area (Å²) in [7, 11) is 0. The molecule has 1 aliphatic rings. The van der Waals surface area contributed by atoms with Crippen molar-refractivity contribution in [2.45, 2.75) is 37.5 Å². The number of hydrogen-bond acceptors (Lipinski definition) is 2. The van der Waals surface area contributed by atoms with Gasteiger partial charge in [0, 0.05) is 5.92 Å². The zero-order chi connectivity index (χ0) is 14.1. The fourth-order valence-corrected chi connectivity index (χ4v) is 2.51. The van der Waals surface area contributed by atoms with Crippen LogP contribution < -0.4 is 0 Å². The van der Waals surface area contributed by atoms with Crippen LogP contribution in [-0.4, -0.2) is 11.4 Å². The lowest BCUT2D eigenvalue weighted by molar-refractivity contribution is -0.137. The van der Waals surface area contributed by atoms with Gasteiger partial charge in [-0.15, -0.1) is 0 Å². The molecule has 1 N–H and O–H groups in total. The maximum atomic E-state index is 12.5. The lowest BCUT2D eigenvalue weighted by Gasteiger charge is -2.35. The number of benzene rings is 1. The molecule has 0 unspecified atom stereocenters. The van der Waals surface area contributed by atoms with Gasteiger partial charge < -0.3 is 9.90 Å². The quantitative estimate of drug-likeness (QED) is 0.839. The molecule has 1 aromatic rings. The number of aldehydes is 1. The molecular weight excluding hydrogens is 257 g/mol. The number of halogens is 3. The molecule has 5 heteroatoms. The highest BCUT2D eigenvalue weighted by Crippen LogP contribution is 2.39. The molecule has 19 heavy (non-hydrogen) atoms. The Bertz CT molecular complexity index is 443. The minimum atomic E-state index is -4.36. The molecule has 0 aliphatic heterocycles. The third-order valence-corrected chi connectivity index (χ3v) is 3.80. The van der Waals surface area contributed by atoms with E-state index in [2.05, 4.69) is 0 Å². The summed E-state index contributed by atoms with van der Waals surface area (Å²) in [6, 6.07) is 4.62. The summed E-state index contributed by atoms with van der Waals surface area (Å²) in [4.78, 5) is 10.7. The van der Waals surface area contributed by atoms with Crippen molar-refractivity contribution in [2.24, 2.45) is 5.92 Å². The van der Waals surface area contributed by atoms with E-state index >= 15 is 0 Å². The molecule has 1 fully saturated rings. The first-order chi connectivity index (χ1) is 8.85. The molecule has 0 heterocycles. The van der Waals surface area contributed by atoms with Gasteiger partial charge >= 0.3 is 6.18 Å². The number of carbonyl (C=O) groups excluding carboxylic acids is 1. The first-order valence-corrected chi connectivity index (χ1v) is 6.20. The van der Waals surface area contributed by atoms with Gasteiger partial charge in [-0.05, 0) is 43.4 Å². The van der Waals surface area contributed by atoms with Crippen molar-refractivity contribution >= 4 is 6.29 Å². The van der Waals surface area contributed by atoms with Crippen molar-refractivity contribution in [3.8, 4) is 0 Å². The fourth-order valence-electron chi connectivity index (χ4n) is 2.51. The maximum absolute atomic E-state index is 12.5. The van der Waals surface area contributed by atoms with Crippen LogP contribution in [0.1, 0.15) is 36.8 Å². The average Bonchev–Trinajstić information content (AvgIpc) is 2.39. The van der Waals surface area contributed by atoms with E-state index in [1.54, 1.807) is 0 Å². The highest BCUT2D eigenvalue weighted by atomic mass is 19.4. The third kappa shape index (κ3) is 2.97. The Balaban J connectivity index is 2.16. The van der Waals surface area contributed by atoms with Crippen molar-refractivity contribution < 1.29 is 23.1 Å². The Labute approximate surface area is 109 Å². The molecule has 0 atom stereocenters. The van der Waals surface area contributed by atoms with Crippen LogP contribution in [0.4, 0.5) is 13.2 Å². The number of hydrogen-bond donors (Lipinski definition) is 1. The van der Waals surface area contributed by atoms with E-state index in [1.165, 1.54) is 12.1 Å². The molecule has 0 aromatic heterocycles. The standard InChI is InChI=1S/C14H15F3O2/c15-14(16,17)12-3-1-11(2-4-12)13(19)7-5-10(9-18)6-8-13/h1-4,9-10,19H,5-8H2. The monoisotopic (exact) mass is 272 g/mol. The van der Waals surface area contributed by atoms with Crippen LogP contribution in [0.25, 0.3) is 0 Å². The molecular formula is C14H15F3O2. The van der Waals surface area contributed by atoms with Gasteiger partial charge in [0.25, 0.3) is 0 Å². The molecule has 2 rings (SSSR count). The van der Waals surface area contributed by atoms with E-state index < -0.39 is 17.3 Å². The smallest absolute Gasteiger partial charge is 0.385 e. The molecule has 104 valence electrons. The lowest BCUT2D eigenvalue weighted by atomic mass is 9.75. The Hall–Kier alpha value is -1.36. The summed E-state index contributed by atoms with van der Waals surface area (Å²) < 4.78 is 37.4. The molecule has 1 saturated carbocycles. The van der Waals surface area contributed by atoms with Crippen LogP contribution in [0.15, 0.2) is 24.3 Å². The van der Waals surface area contributed by atoms with E-state index in [-0.39, 0.29) is 5.92 Å².